The van der Waals surface area contributed by atoms with Crippen LogP contribution in [0.5, 0.6) is 0 Å². The van der Waals surface area contributed by atoms with Crippen LogP contribution < -0.4 is 0 Å². The Morgan fingerprint density at radius 1 is 0.269 bits per heavy atom. The van der Waals surface area contributed by atoms with E-state index in [2.05, 4.69) is 130 Å². The average molecular weight is 1080 g/mol. The summed E-state index contributed by atoms with van der Waals surface area (Å²) in [6, 6.07) is 0. The lowest BCUT2D eigenvalue weighted by atomic mass is 10.1. The van der Waals surface area contributed by atoms with E-state index in [0.717, 1.165) is 135 Å². The Bertz CT molecular complexity index is 1570. The van der Waals surface area contributed by atoms with Crippen molar-refractivity contribution < 1.29 is 28.6 Å². The lowest BCUT2D eigenvalue weighted by Crippen LogP contribution is -2.30. The minimum atomic E-state index is -0.795. The zero-order chi connectivity index (χ0) is 56.4. The summed E-state index contributed by atoms with van der Waals surface area (Å²) in [6.45, 7) is 6.48. The first-order chi connectivity index (χ1) is 38.5. The van der Waals surface area contributed by atoms with E-state index in [-0.39, 0.29) is 31.1 Å². The molecule has 0 fully saturated rings. The van der Waals surface area contributed by atoms with E-state index in [1.165, 1.54) is 135 Å². The summed E-state index contributed by atoms with van der Waals surface area (Å²) in [5.41, 5.74) is 0. The molecule has 0 aliphatic rings. The molecule has 0 saturated carbocycles. The van der Waals surface area contributed by atoms with Crippen molar-refractivity contribution in [2.75, 3.05) is 13.2 Å². The molecule has 0 aromatic rings. The zero-order valence-electron chi connectivity index (χ0n) is 51.2. The van der Waals surface area contributed by atoms with E-state index in [9.17, 15) is 14.4 Å². The molecule has 6 heteroatoms. The maximum atomic E-state index is 12.9. The van der Waals surface area contributed by atoms with Crippen LogP contribution in [0.25, 0.3) is 0 Å². The third-order valence-electron chi connectivity index (χ3n) is 14.0. The van der Waals surface area contributed by atoms with Crippen molar-refractivity contribution in [1.29, 1.82) is 0 Å². The molecule has 0 spiro atoms. The Morgan fingerprint density at radius 2 is 0.513 bits per heavy atom. The highest BCUT2D eigenvalue weighted by Gasteiger charge is 2.19. The van der Waals surface area contributed by atoms with Crippen LogP contribution in [0, 0.1) is 0 Å². The summed E-state index contributed by atoms with van der Waals surface area (Å²) in [5.74, 6) is -0.912. The molecular formula is C72H122O6. The number of allylic oxidation sites excluding steroid dienone is 18. The van der Waals surface area contributed by atoms with E-state index < -0.39 is 6.10 Å². The van der Waals surface area contributed by atoms with E-state index in [4.69, 9.17) is 14.2 Å². The molecule has 0 radical (unpaired) electrons. The highest BCUT2D eigenvalue weighted by Crippen LogP contribution is 2.16. The molecule has 0 aliphatic carbocycles. The predicted octanol–water partition coefficient (Wildman–Crippen LogP) is 22.6. The van der Waals surface area contributed by atoms with Crippen LogP contribution in [0.3, 0.4) is 0 Å². The number of carbonyl (C=O) groups excluding carboxylic acids is 3. The number of hydrogen-bond donors (Lipinski definition) is 0. The fourth-order valence-corrected chi connectivity index (χ4v) is 9.05. The van der Waals surface area contributed by atoms with Crippen molar-refractivity contribution in [2.45, 2.75) is 316 Å². The molecule has 0 amide bonds. The number of unbranched alkanes of at least 4 members (excludes halogenated alkanes) is 30. The maximum Gasteiger partial charge on any atom is 0.306 e. The minimum Gasteiger partial charge on any atom is -0.462 e. The van der Waals surface area contributed by atoms with Gasteiger partial charge in [0.05, 0.1) is 0 Å². The highest BCUT2D eigenvalue weighted by atomic mass is 16.6. The summed E-state index contributed by atoms with van der Waals surface area (Å²) < 4.78 is 16.9. The Labute approximate surface area is 482 Å². The Hall–Kier alpha value is -3.93. The number of carbonyl (C=O) groups is 3. The van der Waals surface area contributed by atoms with Gasteiger partial charge in [-0.2, -0.15) is 0 Å². The second-order valence-electron chi connectivity index (χ2n) is 21.6. The van der Waals surface area contributed by atoms with Gasteiger partial charge in [0, 0.05) is 19.3 Å². The molecule has 78 heavy (non-hydrogen) atoms. The smallest absolute Gasteiger partial charge is 0.306 e. The summed E-state index contributed by atoms with van der Waals surface area (Å²) in [4.78, 5) is 38.4. The van der Waals surface area contributed by atoms with E-state index >= 15 is 0 Å². The van der Waals surface area contributed by atoms with Gasteiger partial charge in [-0.05, 0) is 122 Å². The summed E-state index contributed by atoms with van der Waals surface area (Å²) in [5, 5.41) is 0. The topological polar surface area (TPSA) is 78.9 Å². The first kappa shape index (κ1) is 74.1. The summed E-state index contributed by atoms with van der Waals surface area (Å²) >= 11 is 0. The molecule has 0 bridgehead atoms. The van der Waals surface area contributed by atoms with E-state index in [1.54, 1.807) is 0 Å². The third-order valence-corrected chi connectivity index (χ3v) is 14.0. The summed E-state index contributed by atoms with van der Waals surface area (Å²) in [6.07, 6.45) is 89.5. The van der Waals surface area contributed by atoms with Crippen LogP contribution in [0.15, 0.2) is 109 Å². The lowest BCUT2D eigenvalue weighted by molar-refractivity contribution is -0.167. The van der Waals surface area contributed by atoms with Crippen LogP contribution in [0.4, 0.5) is 0 Å². The van der Waals surface area contributed by atoms with Gasteiger partial charge in [0.1, 0.15) is 13.2 Å². The standard InChI is InChI=1S/C72H122O6/c1-4-7-10-13-16-19-22-25-28-30-32-34-35-36-37-39-40-42-44-47-50-53-56-59-62-65-71(74)77-68-69(67-76-70(73)64-61-58-55-52-49-46-27-24-21-18-15-12-9-6-3)78-72(75)66-63-60-57-54-51-48-45-43-41-38-33-31-29-26-23-20-17-14-11-8-5-2/h7,10,15-16,18-19,24-25,27-28,31-34,36-37,40,42,69H,4-6,8-9,11-14,17,20-23,26,29-30,35,38-39,41,43-68H2,1-3H3/b10-7-,18-15-,19-16-,27-24-,28-25-,33-31-,34-32-,37-36-,42-40-. The molecule has 0 rings (SSSR count). The Morgan fingerprint density at radius 3 is 0.833 bits per heavy atom. The Kier molecular flexibility index (Phi) is 62.3. The lowest BCUT2D eigenvalue weighted by Gasteiger charge is -2.18. The van der Waals surface area contributed by atoms with Gasteiger partial charge in [-0.25, -0.2) is 0 Å². The van der Waals surface area contributed by atoms with Crippen LogP contribution in [0.1, 0.15) is 310 Å². The summed E-state index contributed by atoms with van der Waals surface area (Å²) in [7, 11) is 0. The molecule has 1 unspecified atom stereocenters. The number of hydrogen-bond acceptors (Lipinski definition) is 6. The fraction of sp³-hybridized carbons (Fsp3) is 0.708. The van der Waals surface area contributed by atoms with Crippen LogP contribution in [-0.4, -0.2) is 37.2 Å². The van der Waals surface area contributed by atoms with Gasteiger partial charge >= 0.3 is 17.9 Å². The maximum absolute atomic E-state index is 12.9. The largest absolute Gasteiger partial charge is 0.462 e. The molecular weight excluding hydrogens is 961 g/mol. The number of rotatable bonds is 59. The van der Waals surface area contributed by atoms with Gasteiger partial charge in [-0.1, -0.05) is 278 Å². The molecule has 0 aromatic heterocycles. The SMILES string of the molecule is CC/C=C\C/C=C\C/C=C\C/C=C\C/C=C\C/C=C\CCCCCCCCC(=O)OCC(COC(=O)CCCCCCC/C=C\C/C=C\CCCC)OC(=O)CCCCCCCCCCC/C=C\CCCCCCCCCC. The molecule has 0 saturated heterocycles. The third kappa shape index (κ3) is 62.9. The van der Waals surface area contributed by atoms with Crippen LogP contribution in [0.2, 0.25) is 0 Å². The van der Waals surface area contributed by atoms with E-state index in [1.807, 2.05) is 0 Å². The average Bonchev–Trinajstić information content (AvgIpc) is 3.44. The molecule has 0 aromatic carbocycles. The van der Waals surface area contributed by atoms with Gasteiger partial charge in [0.25, 0.3) is 0 Å². The quantitative estimate of drug-likeness (QED) is 0.0261. The first-order valence-electron chi connectivity index (χ1n) is 32.9. The minimum absolute atomic E-state index is 0.0911. The molecule has 446 valence electrons. The normalized spacial score (nSPS) is 12.8. The van der Waals surface area contributed by atoms with Gasteiger partial charge in [-0.15, -0.1) is 0 Å². The van der Waals surface area contributed by atoms with Crippen molar-refractivity contribution in [3.05, 3.63) is 109 Å². The monoisotopic (exact) mass is 1080 g/mol. The van der Waals surface area contributed by atoms with Crippen LogP contribution >= 0.6 is 0 Å². The number of ether oxygens (including phenoxy) is 3. The second-order valence-corrected chi connectivity index (χ2v) is 21.6. The van der Waals surface area contributed by atoms with Gasteiger partial charge in [0.15, 0.2) is 6.10 Å². The number of esters is 3. The fourth-order valence-electron chi connectivity index (χ4n) is 9.05. The van der Waals surface area contributed by atoms with Crippen LogP contribution in [-0.2, 0) is 28.6 Å². The molecule has 0 aliphatic heterocycles. The van der Waals surface area contributed by atoms with Crippen molar-refractivity contribution in [2.24, 2.45) is 0 Å². The van der Waals surface area contributed by atoms with Gasteiger partial charge in [0.2, 0.25) is 0 Å². The molecule has 6 nitrogen and oxygen atoms in total. The van der Waals surface area contributed by atoms with Crippen molar-refractivity contribution in [3.8, 4) is 0 Å². The van der Waals surface area contributed by atoms with E-state index in [0.29, 0.717) is 19.3 Å². The van der Waals surface area contributed by atoms with Crippen molar-refractivity contribution in [3.63, 3.8) is 0 Å². The zero-order valence-corrected chi connectivity index (χ0v) is 51.2. The first-order valence-corrected chi connectivity index (χ1v) is 32.9. The Balaban J connectivity index is 4.39. The van der Waals surface area contributed by atoms with Gasteiger partial charge < -0.3 is 14.2 Å². The second kappa shape index (κ2) is 65.6. The van der Waals surface area contributed by atoms with Crippen molar-refractivity contribution in [1.82, 2.24) is 0 Å². The van der Waals surface area contributed by atoms with Crippen molar-refractivity contribution >= 4 is 17.9 Å². The molecule has 1 atom stereocenters. The highest BCUT2D eigenvalue weighted by molar-refractivity contribution is 5.71. The molecule has 0 heterocycles. The van der Waals surface area contributed by atoms with Gasteiger partial charge in [-0.3, -0.25) is 14.4 Å². The predicted molar refractivity (Wildman–Crippen MR) is 339 cm³/mol. The molecule has 0 N–H and O–H groups in total.